The van der Waals surface area contributed by atoms with Crippen molar-refractivity contribution in [3.8, 4) is 0 Å². The van der Waals surface area contributed by atoms with Crippen molar-refractivity contribution in [1.82, 2.24) is 24.1 Å². The summed E-state index contributed by atoms with van der Waals surface area (Å²) in [7, 11) is 0. The molecule has 9 nitrogen and oxygen atoms in total. The number of nitrogens with one attached hydrogen (secondary N) is 1. The number of hydrogen-bond donors (Lipinski definition) is 1. The number of halogens is 1. The summed E-state index contributed by atoms with van der Waals surface area (Å²) in [5.41, 5.74) is 0.479. The Morgan fingerprint density at radius 1 is 1.12 bits per heavy atom. The first-order valence-electron chi connectivity index (χ1n) is 11.1. The van der Waals surface area contributed by atoms with Crippen LogP contribution in [0.2, 0.25) is 5.02 Å². The van der Waals surface area contributed by atoms with Gasteiger partial charge in [0.15, 0.2) is 0 Å². The third-order valence-electron chi connectivity index (χ3n) is 5.39. The Bertz CT molecular complexity index is 1450. The Balaban J connectivity index is 1.65. The predicted octanol–water partition coefficient (Wildman–Crippen LogP) is 2.60. The van der Waals surface area contributed by atoms with Crippen molar-refractivity contribution in [1.29, 1.82) is 0 Å². The Labute approximate surface area is 200 Å². The molecule has 178 valence electrons. The molecule has 0 bridgehead atoms. The van der Waals surface area contributed by atoms with Gasteiger partial charge < -0.3 is 10.1 Å². The minimum absolute atomic E-state index is 0.0828. The van der Waals surface area contributed by atoms with E-state index in [-0.39, 0.29) is 30.5 Å². The fourth-order valence-electron chi connectivity index (χ4n) is 3.74. The number of carbonyl (C=O) groups excluding carboxylic acids is 1. The van der Waals surface area contributed by atoms with E-state index in [1.807, 2.05) is 32.0 Å². The number of carbonyl (C=O) groups is 1. The van der Waals surface area contributed by atoms with Crippen molar-refractivity contribution in [3.05, 3.63) is 80.0 Å². The lowest BCUT2D eigenvalue weighted by atomic mass is 10.2. The summed E-state index contributed by atoms with van der Waals surface area (Å²) in [5.74, 6) is -0.203. The van der Waals surface area contributed by atoms with Crippen LogP contribution in [0.3, 0.4) is 0 Å². The highest BCUT2D eigenvalue weighted by Gasteiger charge is 2.18. The first kappa shape index (κ1) is 23.7. The van der Waals surface area contributed by atoms with E-state index >= 15 is 0 Å². The van der Waals surface area contributed by atoms with Crippen LogP contribution in [-0.2, 0) is 29.2 Å². The molecule has 34 heavy (non-hydrogen) atoms. The summed E-state index contributed by atoms with van der Waals surface area (Å²) >= 11 is 6.14. The quantitative estimate of drug-likeness (QED) is 0.369. The van der Waals surface area contributed by atoms with Gasteiger partial charge in [0.25, 0.3) is 5.56 Å². The van der Waals surface area contributed by atoms with E-state index in [0.29, 0.717) is 35.5 Å². The van der Waals surface area contributed by atoms with Gasteiger partial charge >= 0.3 is 5.69 Å². The normalized spacial score (nSPS) is 11.5. The second-order valence-electron chi connectivity index (χ2n) is 8.19. The van der Waals surface area contributed by atoms with Crippen LogP contribution in [0, 0.1) is 0 Å². The molecule has 2 aromatic carbocycles. The Morgan fingerprint density at radius 2 is 1.85 bits per heavy atom. The maximum absolute atomic E-state index is 13.2. The van der Waals surface area contributed by atoms with Gasteiger partial charge in [-0.3, -0.25) is 14.2 Å². The fraction of sp³-hybridized carbons (Fsp3) is 0.333. The molecule has 1 amide bonds. The van der Waals surface area contributed by atoms with Crippen LogP contribution < -0.4 is 16.6 Å². The van der Waals surface area contributed by atoms with Crippen LogP contribution in [0.4, 0.5) is 0 Å². The van der Waals surface area contributed by atoms with E-state index in [4.69, 9.17) is 16.3 Å². The van der Waals surface area contributed by atoms with E-state index in [0.717, 1.165) is 10.2 Å². The lowest BCUT2D eigenvalue weighted by Gasteiger charge is -2.11. The Morgan fingerprint density at radius 3 is 2.62 bits per heavy atom. The largest absolute Gasteiger partial charge is 0.379 e. The molecule has 0 fully saturated rings. The highest BCUT2D eigenvalue weighted by molar-refractivity contribution is 6.31. The highest BCUT2D eigenvalue weighted by Crippen LogP contribution is 2.14. The maximum Gasteiger partial charge on any atom is 0.352 e. The Hall–Kier alpha value is -3.43. The average Bonchev–Trinajstić information content (AvgIpc) is 3.13. The molecule has 0 saturated carbocycles. The molecule has 0 saturated heterocycles. The van der Waals surface area contributed by atoms with Gasteiger partial charge in [-0.15, -0.1) is 5.10 Å². The highest BCUT2D eigenvalue weighted by atomic mass is 35.5. The number of aryl methyl sites for hydroxylation is 1. The average molecular weight is 484 g/mol. The van der Waals surface area contributed by atoms with Gasteiger partial charge in [-0.05, 0) is 44.0 Å². The van der Waals surface area contributed by atoms with Gasteiger partial charge in [-0.2, -0.15) is 0 Å². The SMILES string of the molecule is CC(C)OCCCn1c(=O)c2ccccc2n2c(=O)n(CC(=O)NCc3ccccc3Cl)nc12. The summed E-state index contributed by atoms with van der Waals surface area (Å²) in [5, 5.41) is 8.06. The van der Waals surface area contributed by atoms with Gasteiger partial charge in [0, 0.05) is 24.7 Å². The molecule has 0 aliphatic heterocycles. The Kier molecular flexibility index (Phi) is 7.14. The first-order valence-corrected chi connectivity index (χ1v) is 11.5. The first-order chi connectivity index (χ1) is 16.4. The van der Waals surface area contributed by atoms with Crippen molar-refractivity contribution in [2.45, 2.75) is 46.0 Å². The molecule has 1 N–H and O–H groups in total. The van der Waals surface area contributed by atoms with E-state index < -0.39 is 11.6 Å². The van der Waals surface area contributed by atoms with Gasteiger partial charge in [0.2, 0.25) is 11.7 Å². The van der Waals surface area contributed by atoms with Crippen molar-refractivity contribution in [2.24, 2.45) is 0 Å². The number of rotatable bonds is 9. The summed E-state index contributed by atoms with van der Waals surface area (Å²) in [6.45, 7) is 4.62. The molecule has 10 heteroatoms. The van der Waals surface area contributed by atoms with E-state index in [1.165, 1.54) is 8.97 Å². The van der Waals surface area contributed by atoms with Gasteiger partial charge in [0.1, 0.15) is 6.54 Å². The second-order valence-corrected chi connectivity index (χ2v) is 8.60. The summed E-state index contributed by atoms with van der Waals surface area (Å²) in [6, 6.07) is 14.1. The van der Waals surface area contributed by atoms with Crippen molar-refractivity contribution >= 4 is 34.2 Å². The van der Waals surface area contributed by atoms with E-state index in [2.05, 4.69) is 10.4 Å². The van der Waals surface area contributed by atoms with Crippen LogP contribution in [-0.4, -0.2) is 37.4 Å². The lowest BCUT2D eigenvalue weighted by Crippen LogP contribution is -2.32. The van der Waals surface area contributed by atoms with Crippen molar-refractivity contribution < 1.29 is 9.53 Å². The third-order valence-corrected chi connectivity index (χ3v) is 5.76. The fourth-order valence-corrected chi connectivity index (χ4v) is 3.94. The monoisotopic (exact) mass is 483 g/mol. The zero-order chi connectivity index (χ0) is 24.2. The summed E-state index contributed by atoms with van der Waals surface area (Å²) in [4.78, 5) is 38.9. The van der Waals surface area contributed by atoms with Crippen LogP contribution in [0.25, 0.3) is 16.7 Å². The van der Waals surface area contributed by atoms with E-state index in [1.54, 1.807) is 30.3 Å². The zero-order valence-electron chi connectivity index (χ0n) is 19.0. The number of benzene rings is 2. The van der Waals surface area contributed by atoms with Crippen LogP contribution in [0.5, 0.6) is 0 Å². The smallest absolute Gasteiger partial charge is 0.352 e. The van der Waals surface area contributed by atoms with Crippen LogP contribution in [0.15, 0.2) is 58.1 Å². The third kappa shape index (κ3) is 4.90. The molecule has 0 aliphatic rings. The number of ether oxygens (including phenoxy) is 1. The standard InChI is InChI=1S/C24H26ClN5O4/c1-16(2)34-13-7-12-28-22(32)18-9-4-6-11-20(18)30-23(28)27-29(24(30)33)15-21(31)26-14-17-8-3-5-10-19(17)25/h3-6,8-11,16H,7,12-15H2,1-2H3,(H,26,31). The molecule has 0 aliphatic carbocycles. The van der Waals surface area contributed by atoms with Gasteiger partial charge in [-0.1, -0.05) is 41.9 Å². The molecule has 0 unspecified atom stereocenters. The molecule has 4 rings (SSSR count). The molecule has 2 aromatic heterocycles. The second kappa shape index (κ2) is 10.2. The number of para-hydroxylation sites is 1. The number of aromatic nitrogens is 4. The van der Waals surface area contributed by atoms with Crippen LogP contribution in [0.1, 0.15) is 25.8 Å². The van der Waals surface area contributed by atoms with Crippen LogP contribution >= 0.6 is 11.6 Å². The zero-order valence-corrected chi connectivity index (χ0v) is 19.8. The molecule has 0 atom stereocenters. The number of amides is 1. The molecular weight excluding hydrogens is 458 g/mol. The molecule has 0 spiro atoms. The number of hydrogen-bond acceptors (Lipinski definition) is 5. The lowest BCUT2D eigenvalue weighted by molar-refractivity contribution is -0.122. The molecule has 0 radical (unpaired) electrons. The number of fused-ring (bicyclic) bond motifs is 3. The van der Waals surface area contributed by atoms with E-state index in [9.17, 15) is 14.4 Å². The van der Waals surface area contributed by atoms with Crippen molar-refractivity contribution in [2.75, 3.05) is 6.61 Å². The summed E-state index contributed by atoms with van der Waals surface area (Å²) < 4.78 is 9.50. The minimum atomic E-state index is -0.494. The van der Waals surface area contributed by atoms with Gasteiger partial charge in [-0.25, -0.2) is 13.9 Å². The predicted molar refractivity (Wildman–Crippen MR) is 130 cm³/mol. The summed E-state index contributed by atoms with van der Waals surface area (Å²) in [6.07, 6.45) is 0.658. The topological polar surface area (TPSA) is 99.6 Å². The number of nitrogens with zero attached hydrogens (tertiary/aromatic N) is 4. The molecular formula is C24H26ClN5O4. The van der Waals surface area contributed by atoms with Crippen molar-refractivity contribution in [3.63, 3.8) is 0 Å². The van der Waals surface area contributed by atoms with Gasteiger partial charge in [0.05, 0.1) is 17.0 Å². The molecule has 4 aromatic rings. The molecule has 2 heterocycles. The minimum Gasteiger partial charge on any atom is -0.379 e. The maximum atomic E-state index is 13.2.